The highest BCUT2D eigenvalue weighted by atomic mass is 35.5. The molecule has 2 rings (SSSR count). The van der Waals surface area contributed by atoms with Gasteiger partial charge in [0.1, 0.15) is 0 Å². The lowest BCUT2D eigenvalue weighted by atomic mass is 9.96. The van der Waals surface area contributed by atoms with Gasteiger partial charge in [0.25, 0.3) is 0 Å². The van der Waals surface area contributed by atoms with Gasteiger partial charge in [0, 0.05) is 22.1 Å². The number of nitrogens with one attached hydrogen (secondary N) is 1. The molecule has 2 atom stereocenters. The van der Waals surface area contributed by atoms with Crippen LogP contribution in [-0.2, 0) is 5.75 Å². The molecule has 1 N–H and O–H groups in total. The molecule has 0 saturated heterocycles. The van der Waals surface area contributed by atoms with Gasteiger partial charge in [0.15, 0.2) is 0 Å². The molecular formula is C13H18ClNS. The minimum absolute atomic E-state index is 0.461. The highest BCUT2D eigenvalue weighted by Gasteiger charge is 2.29. The maximum absolute atomic E-state index is 6.26. The zero-order valence-electron chi connectivity index (χ0n) is 9.79. The molecular weight excluding hydrogens is 238 g/mol. The molecule has 88 valence electrons. The van der Waals surface area contributed by atoms with E-state index in [1.807, 2.05) is 17.8 Å². The molecule has 16 heavy (non-hydrogen) atoms. The fourth-order valence-corrected chi connectivity index (χ4v) is 4.02. The summed E-state index contributed by atoms with van der Waals surface area (Å²) < 4.78 is 0. The van der Waals surface area contributed by atoms with Crippen LogP contribution in [0.15, 0.2) is 18.2 Å². The second kappa shape index (κ2) is 5.44. The van der Waals surface area contributed by atoms with Crippen molar-refractivity contribution in [2.75, 3.05) is 6.54 Å². The summed E-state index contributed by atoms with van der Waals surface area (Å²) in [4.78, 5) is 0. The average molecular weight is 256 g/mol. The van der Waals surface area contributed by atoms with Crippen LogP contribution >= 0.6 is 23.4 Å². The van der Waals surface area contributed by atoms with Crippen LogP contribution in [0.2, 0.25) is 5.02 Å². The first-order valence-corrected chi connectivity index (χ1v) is 7.32. The quantitative estimate of drug-likeness (QED) is 0.876. The third kappa shape index (κ3) is 2.24. The Morgan fingerprint density at radius 2 is 2.25 bits per heavy atom. The number of hydrogen-bond acceptors (Lipinski definition) is 2. The van der Waals surface area contributed by atoms with E-state index in [0.717, 1.165) is 17.3 Å². The van der Waals surface area contributed by atoms with E-state index in [2.05, 4.69) is 31.3 Å². The molecule has 1 aromatic rings. The van der Waals surface area contributed by atoms with E-state index in [4.69, 9.17) is 11.6 Å². The summed E-state index contributed by atoms with van der Waals surface area (Å²) in [7, 11) is 0. The summed E-state index contributed by atoms with van der Waals surface area (Å²) in [5.74, 6) is 1.05. The van der Waals surface area contributed by atoms with E-state index in [0.29, 0.717) is 11.3 Å². The van der Waals surface area contributed by atoms with E-state index in [1.54, 1.807) is 0 Å². The molecule has 0 saturated carbocycles. The molecule has 2 unspecified atom stereocenters. The Morgan fingerprint density at radius 1 is 1.44 bits per heavy atom. The molecule has 0 aliphatic carbocycles. The van der Waals surface area contributed by atoms with Gasteiger partial charge < -0.3 is 5.32 Å². The minimum Gasteiger partial charge on any atom is -0.309 e. The van der Waals surface area contributed by atoms with Crippen molar-refractivity contribution in [2.45, 2.75) is 37.3 Å². The van der Waals surface area contributed by atoms with E-state index in [9.17, 15) is 0 Å². The van der Waals surface area contributed by atoms with E-state index in [-0.39, 0.29) is 0 Å². The van der Waals surface area contributed by atoms with Crippen molar-refractivity contribution >= 4 is 23.4 Å². The van der Waals surface area contributed by atoms with Crippen molar-refractivity contribution in [2.24, 2.45) is 0 Å². The fraction of sp³-hybridized carbons (Fsp3) is 0.538. The Bertz CT molecular complexity index is 367. The predicted molar refractivity (Wildman–Crippen MR) is 73.2 cm³/mol. The second-order valence-corrected chi connectivity index (χ2v) is 5.74. The largest absolute Gasteiger partial charge is 0.309 e. The molecule has 1 aromatic carbocycles. The standard InChI is InChI=1S/C13H18ClNS/c1-3-12-13(15-4-2)9-6-5-7-11(14)10(9)8-16-12/h5-7,12-13,15H,3-4,8H2,1-2H3. The summed E-state index contributed by atoms with van der Waals surface area (Å²) in [6.07, 6.45) is 1.20. The number of hydrogen-bond donors (Lipinski definition) is 1. The summed E-state index contributed by atoms with van der Waals surface area (Å²) in [5.41, 5.74) is 2.73. The van der Waals surface area contributed by atoms with Gasteiger partial charge >= 0.3 is 0 Å². The summed E-state index contributed by atoms with van der Waals surface area (Å²) in [6, 6.07) is 6.74. The van der Waals surface area contributed by atoms with Crippen LogP contribution in [0.1, 0.15) is 37.4 Å². The number of benzene rings is 1. The molecule has 3 heteroatoms. The van der Waals surface area contributed by atoms with Crippen LogP contribution in [0, 0.1) is 0 Å². The van der Waals surface area contributed by atoms with Crippen LogP contribution in [0.3, 0.4) is 0 Å². The van der Waals surface area contributed by atoms with E-state index < -0.39 is 0 Å². The average Bonchev–Trinajstić information content (AvgIpc) is 2.30. The molecule has 0 spiro atoms. The van der Waals surface area contributed by atoms with E-state index >= 15 is 0 Å². The lowest BCUT2D eigenvalue weighted by Crippen LogP contribution is -2.33. The lowest BCUT2D eigenvalue weighted by molar-refractivity contribution is 0.514. The van der Waals surface area contributed by atoms with Crippen LogP contribution < -0.4 is 5.32 Å². The molecule has 1 aliphatic rings. The monoisotopic (exact) mass is 255 g/mol. The highest BCUT2D eigenvalue weighted by molar-refractivity contribution is 7.99. The van der Waals surface area contributed by atoms with Gasteiger partial charge in [-0.1, -0.05) is 37.6 Å². The number of halogens is 1. The molecule has 0 aromatic heterocycles. The van der Waals surface area contributed by atoms with Crippen LogP contribution in [0.25, 0.3) is 0 Å². The smallest absolute Gasteiger partial charge is 0.0449 e. The normalized spacial score (nSPS) is 24.2. The maximum atomic E-state index is 6.26. The molecule has 0 radical (unpaired) electrons. The molecule has 0 amide bonds. The Morgan fingerprint density at radius 3 is 2.94 bits per heavy atom. The second-order valence-electron chi connectivity index (χ2n) is 4.10. The first-order valence-electron chi connectivity index (χ1n) is 5.90. The van der Waals surface area contributed by atoms with Crippen molar-refractivity contribution in [3.05, 3.63) is 34.3 Å². The zero-order chi connectivity index (χ0) is 11.5. The lowest BCUT2D eigenvalue weighted by Gasteiger charge is -2.33. The van der Waals surface area contributed by atoms with Crippen molar-refractivity contribution in [3.8, 4) is 0 Å². The molecule has 1 aliphatic heterocycles. The number of fused-ring (bicyclic) bond motifs is 1. The van der Waals surface area contributed by atoms with Crippen LogP contribution in [0.5, 0.6) is 0 Å². The Kier molecular flexibility index (Phi) is 4.17. The van der Waals surface area contributed by atoms with Gasteiger partial charge in [0.05, 0.1) is 0 Å². The maximum Gasteiger partial charge on any atom is 0.0449 e. The van der Waals surface area contributed by atoms with Gasteiger partial charge in [-0.3, -0.25) is 0 Å². The van der Waals surface area contributed by atoms with Gasteiger partial charge in [-0.05, 0) is 30.2 Å². The highest BCUT2D eigenvalue weighted by Crippen LogP contribution is 2.41. The first-order chi connectivity index (χ1) is 7.77. The van der Waals surface area contributed by atoms with Gasteiger partial charge in [-0.2, -0.15) is 11.8 Å². The Balaban J connectivity index is 2.37. The van der Waals surface area contributed by atoms with Gasteiger partial charge in [0.2, 0.25) is 0 Å². The van der Waals surface area contributed by atoms with Crippen molar-refractivity contribution in [3.63, 3.8) is 0 Å². The predicted octanol–water partition coefficient (Wildman–Crippen LogP) is 4.02. The summed E-state index contributed by atoms with van der Waals surface area (Å²) >= 11 is 8.28. The Labute approximate surface area is 107 Å². The Hall–Kier alpha value is -0.180. The van der Waals surface area contributed by atoms with Crippen LogP contribution in [-0.4, -0.2) is 11.8 Å². The van der Waals surface area contributed by atoms with Gasteiger partial charge in [-0.15, -0.1) is 0 Å². The third-order valence-corrected chi connectivity index (χ3v) is 4.97. The minimum atomic E-state index is 0.461. The topological polar surface area (TPSA) is 12.0 Å². The fourth-order valence-electron chi connectivity index (χ4n) is 2.32. The number of thioether (sulfide) groups is 1. The zero-order valence-corrected chi connectivity index (χ0v) is 11.4. The molecule has 0 fully saturated rings. The summed E-state index contributed by atoms with van der Waals surface area (Å²) in [5, 5.41) is 5.18. The van der Waals surface area contributed by atoms with E-state index in [1.165, 1.54) is 17.5 Å². The van der Waals surface area contributed by atoms with Crippen molar-refractivity contribution in [1.82, 2.24) is 5.32 Å². The van der Waals surface area contributed by atoms with Crippen molar-refractivity contribution in [1.29, 1.82) is 0 Å². The first kappa shape index (κ1) is 12.3. The van der Waals surface area contributed by atoms with Crippen LogP contribution in [0.4, 0.5) is 0 Å². The third-order valence-electron chi connectivity index (χ3n) is 3.13. The van der Waals surface area contributed by atoms with Crippen molar-refractivity contribution < 1.29 is 0 Å². The van der Waals surface area contributed by atoms with Gasteiger partial charge in [-0.25, -0.2) is 0 Å². The number of rotatable bonds is 3. The molecule has 1 heterocycles. The molecule has 0 bridgehead atoms. The summed E-state index contributed by atoms with van der Waals surface area (Å²) in [6.45, 7) is 5.43. The SMILES string of the molecule is CCNC1c2cccc(Cl)c2CSC1CC. The molecule has 1 nitrogen and oxygen atoms in total.